The molecule has 0 fully saturated rings. The molecule has 25 heavy (non-hydrogen) atoms. The minimum absolute atomic E-state index is 0.0107. The van der Waals surface area contributed by atoms with Crippen LogP contribution in [0, 0.1) is 0 Å². The third-order valence-corrected chi connectivity index (χ3v) is 4.34. The zero-order valence-corrected chi connectivity index (χ0v) is 13.8. The third-order valence-electron chi connectivity index (χ3n) is 4.34. The maximum Gasteiger partial charge on any atom is 0.417 e. The van der Waals surface area contributed by atoms with Gasteiger partial charge in [0.25, 0.3) is 0 Å². The molecule has 3 rings (SSSR count). The van der Waals surface area contributed by atoms with Crippen LogP contribution in [0.1, 0.15) is 41.3 Å². The lowest BCUT2D eigenvalue weighted by Gasteiger charge is -2.12. The molecule has 0 bridgehead atoms. The highest BCUT2D eigenvalue weighted by Gasteiger charge is 2.34. The number of aromatic nitrogens is 1. The first-order valence-electron chi connectivity index (χ1n) is 8.22. The van der Waals surface area contributed by atoms with Gasteiger partial charge >= 0.3 is 6.18 Å². The average Bonchev–Trinajstić information content (AvgIpc) is 2.96. The van der Waals surface area contributed by atoms with E-state index in [1.54, 1.807) is 0 Å². The number of aromatic amines is 1. The molecule has 1 aromatic heterocycles. The summed E-state index contributed by atoms with van der Waals surface area (Å²) in [5, 5.41) is 0.663. The summed E-state index contributed by atoms with van der Waals surface area (Å²) in [6.07, 6.45) is -0.901. The van der Waals surface area contributed by atoms with Crippen molar-refractivity contribution in [2.45, 2.75) is 32.4 Å². The van der Waals surface area contributed by atoms with E-state index in [2.05, 4.69) is 11.9 Å². The number of hydrogen-bond donors (Lipinski definition) is 1. The first kappa shape index (κ1) is 17.3. The van der Waals surface area contributed by atoms with Gasteiger partial charge in [0.1, 0.15) is 0 Å². The molecule has 0 spiro atoms. The quantitative estimate of drug-likeness (QED) is 0.564. The van der Waals surface area contributed by atoms with Crippen molar-refractivity contribution in [2.75, 3.05) is 0 Å². The molecule has 0 saturated carbocycles. The summed E-state index contributed by atoms with van der Waals surface area (Å²) < 4.78 is 40.0. The van der Waals surface area contributed by atoms with Gasteiger partial charge in [0.05, 0.1) is 11.3 Å². The van der Waals surface area contributed by atoms with Crippen LogP contribution in [-0.4, -0.2) is 11.3 Å². The number of hydrogen-bond acceptors (Lipinski definition) is 1. The molecule has 1 N–H and O–H groups in total. The Morgan fingerprint density at radius 1 is 1.12 bits per heavy atom. The summed E-state index contributed by atoms with van der Waals surface area (Å²) >= 11 is 0. The SMILES string of the molecule is CCCCc1ccc2[nH]c(-c3ccccc3C(F)(F)F)c(C=O)c2c1. The fourth-order valence-corrected chi connectivity index (χ4v) is 3.08. The van der Waals surface area contributed by atoms with Crippen LogP contribution in [0.2, 0.25) is 0 Å². The molecule has 2 aromatic carbocycles. The molecule has 0 unspecified atom stereocenters. The number of fused-ring (bicyclic) bond motifs is 1. The van der Waals surface area contributed by atoms with E-state index < -0.39 is 11.7 Å². The Kier molecular flexibility index (Phi) is 4.66. The van der Waals surface area contributed by atoms with Crippen molar-refractivity contribution in [3.63, 3.8) is 0 Å². The number of alkyl halides is 3. The van der Waals surface area contributed by atoms with Crippen LogP contribution in [0.3, 0.4) is 0 Å². The minimum atomic E-state index is -4.49. The summed E-state index contributed by atoms with van der Waals surface area (Å²) in [5.74, 6) is 0. The number of H-pyrrole nitrogens is 1. The predicted molar refractivity (Wildman–Crippen MR) is 92.7 cm³/mol. The molecule has 0 atom stereocenters. The van der Waals surface area contributed by atoms with Gasteiger partial charge in [-0.1, -0.05) is 37.6 Å². The second kappa shape index (κ2) is 6.75. The van der Waals surface area contributed by atoms with Crippen LogP contribution in [0.4, 0.5) is 13.2 Å². The summed E-state index contributed by atoms with van der Waals surface area (Å²) in [6.45, 7) is 2.10. The average molecular weight is 345 g/mol. The van der Waals surface area contributed by atoms with Gasteiger partial charge in [-0.3, -0.25) is 4.79 Å². The molecule has 0 radical (unpaired) electrons. The van der Waals surface area contributed by atoms with E-state index in [4.69, 9.17) is 0 Å². The van der Waals surface area contributed by atoms with Crippen LogP contribution in [0.25, 0.3) is 22.2 Å². The van der Waals surface area contributed by atoms with Gasteiger partial charge in [0, 0.05) is 22.0 Å². The third kappa shape index (κ3) is 3.31. The second-order valence-electron chi connectivity index (χ2n) is 6.06. The second-order valence-corrected chi connectivity index (χ2v) is 6.06. The van der Waals surface area contributed by atoms with Crippen molar-refractivity contribution >= 4 is 17.2 Å². The van der Waals surface area contributed by atoms with Crippen LogP contribution in [-0.2, 0) is 12.6 Å². The van der Waals surface area contributed by atoms with Crippen LogP contribution < -0.4 is 0 Å². The number of benzene rings is 2. The summed E-state index contributed by atoms with van der Waals surface area (Å²) in [5.41, 5.74) is 1.45. The lowest BCUT2D eigenvalue weighted by atomic mass is 9.99. The van der Waals surface area contributed by atoms with Crippen molar-refractivity contribution in [2.24, 2.45) is 0 Å². The Morgan fingerprint density at radius 3 is 2.56 bits per heavy atom. The smallest absolute Gasteiger partial charge is 0.354 e. The zero-order chi connectivity index (χ0) is 18.0. The number of carbonyl (C=O) groups is 1. The normalized spacial score (nSPS) is 11.8. The van der Waals surface area contributed by atoms with Gasteiger partial charge in [-0.15, -0.1) is 0 Å². The van der Waals surface area contributed by atoms with Crippen LogP contribution >= 0.6 is 0 Å². The first-order valence-corrected chi connectivity index (χ1v) is 8.22. The number of aldehydes is 1. The van der Waals surface area contributed by atoms with Crippen LogP contribution in [0.5, 0.6) is 0 Å². The fourth-order valence-electron chi connectivity index (χ4n) is 3.08. The molecule has 0 aliphatic carbocycles. The number of nitrogens with one attached hydrogen (secondary N) is 1. The standard InChI is InChI=1S/C20H18F3NO/c1-2-3-6-13-9-10-18-15(11-13)16(12-25)19(24-18)14-7-4-5-8-17(14)20(21,22)23/h4-5,7-12,24H,2-3,6H2,1H3. The van der Waals surface area contributed by atoms with Gasteiger partial charge in [-0.25, -0.2) is 0 Å². The zero-order valence-electron chi connectivity index (χ0n) is 13.8. The van der Waals surface area contributed by atoms with Crippen molar-refractivity contribution in [1.29, 1.82) is 0 Å². The number of carbonyl (C=O) groups excluding carboxylic acids is 1. The molecule has 5 heteroatoms. The molecule has 3 aromatic rings. The summed E-state index contributed by atoms with van der Waals surface area (Å²) in [6, 6.07) is 11.0. The van der Waals surface area contributed by atoms with Crippen molar-refractivity contribution in [1.82, 2.24) is 4.98 Å². The van der Waals surface area contributed by atoms with E-state index in [0.717, 1.165) is 30.9 Å². The summed E-state index contributed by atoms with van der Waals surface area (Å²) in [4.78, 5) is 14.7. The molecular weight excluding hydrogens is 327 g/mol. The Hall–Kier alpha value is -2.56. The van der Waals surface area contributed by atoms with Crippen molar-refractivity contribution in [3.05, 3.63) is 59.2 Å². The predicted octanol–water partition coefficient (Wildman–Crippen LogP) is 6.01. The fraction of sp³-hybridized carbons (Fsp3) is 0.250. The van der Waals surface area contributed by atoms with Crippen LogP contribution in [0.15, 0.2) is 42.5 Å². The maximum atomic E-state index is 13.3. The van der Waals surface area contributed by atoms with Gasteiger partial charge in [0.15, 0.2) is 6.29 Å². The lowest BCUT2D eigenvalue weighted by Crippen LogP contribution is -2.07. The molecule has 0 saturated heterocycles. The van der Waals surface area contributed by atoms with E-state index in [1.165, 1.54) is 18.2 Å². The van der Waals surface area contributed by atoms with Gasteiger partial charge in [0.2, 0.25) is 0 Å². The molecule has 2 nitrogen and oxygen atoms in total. The first-order chi connectivity index (χ1) is 12.0. The largest absolute Gasteiger partial charge is 0.417 e. The van der Waals surface area contributed by atoms with Crippen molar-refractivity contribution in [3.8, 4) is 11.3 Å². The highest BCUT2D eigenvalue weighted by Crippen LogP contribution is 2.39. The molecule has 1 heterocycles. The van der Waals surface area contributed by atoms with E-state index in [-0.39, 0.29) is 16.8 Å². The monoisotopic (exact) mass is 345 g/mol. The number of halogens is 3. The van der Waals surface area contributed by atoms with Gasteiger partial charge in [-0.2, -0.15) is 13.2 Å². The Bertz CT molecular complexity index is 909. The van der Waals surface area contributed by atoms with E-state index in [9.17, 15) is 18.0 Å². The van der Waals surface area contributed by atoms with E-state index >= 15 is 0 Å². The van der Waals surface area contributed by atoms with Crippen molar-refractivity contribution < 1.29 is 18.0 Å². The number of rotatable bonds is 5. The van der Waals surface area contributed by atoms with E-state index in [0.29, 0.717) is 17.2 Å². The number of unbranched alkanes of at least 4 members (excludes halogenated alkanes) is 1. The van der Waals surface area contributed by atoms with Gasteiger partial charge < -0.3 is 4.98 Å². The molecular formula is C20H18F3NO. The lowest BCUT2D eigenvalue weighted by molar-refractivity contribution is -0.137. The molecule has 0 aliphatic heterocycles. The Morgan fingerprint density at radius 2 is 1.88 bits per heavy atom. The minimum Gasteiger partial charge on any atom is -0.354 e. The number of aryl methyl sites for hydroxylation is 1. The summed E-state index contributed by atoms with van der Waals surface area (Å²) in [7, 11) is 0. The maximum absolute atomic E-state index is 13.3. The Labute approximate surface area is 143 Å². The molecule has 130 valence electrons. The highest BCUT2D eigenvalue weighted by atomic mass is 19.4. The Balaban J connectivity index is 2.20. The van der Waals surface area contributed by atoms with Gasteiger partial charge in [-0.05, 0) is 36.6 Å². The topological polar surface area (TPSA) is 32.9 Å². The molecule has 0 amide bonds. The van der Waals surface area contributed by atoms with E-state index in [1.807, 2.05) is 18.2 Å². The molecule has 0 aliphatic rings. The highest BCUT2D eigenvalue weighted by molar-refractivity contribution is 6.04.